The van der Waals surface area contributed by atoms with Crippen molar-refractivity contribution < 1.29 is 18.7 Å². The van der Waals surface area contributed by atoms with E-state index in [-0.39, 0.29) is 28.3 Å². The maximum Gasteiger partial charge on any atom is 0.303 e. The summed E-state index contributed by atoms with van der Waals surface area (Å²) in [6.45, 7) is 2.49. The van der Waals surface area contributed by atoms with Crippen molar-refractivity contribution in [3.8, 4) is 16.5 Å². The minimum absolute atomic E-state index is 0.0694. The van der Waals surface area contributed by atoms with Crippen molar-refractivity contribution in [2.45, 2.75) is 32.0 Å². The summed E-state index contributed by atoms with van der Waals surface area (Å²) in [6.07, 6.45) is 0.934. The summed E-state index contributed by atoms with van der Waals surface area (Å²) in [5.41, 5.74) is 5.65. The van der Waals surface area contributed by atoms with Gasteiger partial charge in [0, 0.05) is 38.9 Å². The van der Waals surface area contributed by atoms with Crippen LogP contribution in [0.4, 0.5) is 10.2 Å². The number of hydrogen-bond donors (Lipinski definition) is 1. The zero-order valence-corrected chi connectivity index (χ0v) is 20.4. The van der Waals surface area contributed by atoms with E-state index in [9.17, 15) is 9.18 Å². The normalized spacial score (nSPS) is 15.1. The van der Waals surface area contributed by atoms with Gasteiger partial charge >= 0.3 is 5.97 Å². The predicted molar refractivity (Wildman–Crippen MR) is 129 cm³/mol. The van der Waals surface area contributed by atoms with Crippen LogP contribution in [-0.2, 0) is 16.1 Å². The molecule has 0 spiro atoms. The second kappa shape index (κ2) is 10.1. The molecule has 0 aliphatic carbocycles. The third-order valence-corrected chi connectivity index (χ3v) is 6.88. The van der Waals surface area contributed by atoms with Crippen molar-refractivity contribution in [1.29, 1.82) is 0 Å². The molecule has 0 bridgehead atoms. The SMILES string of the molecule is CC(=O)OCc1nnc(-c2ccc(N3CCC(Oc4cc(F)ccc4Cl)(C(N)=S)CC3)nn2)s1. The van der Waals surface area contributed by atoms with Crippen LogP contribution in [0.3, 0.4) is 0 Å². The smallest absolute Gasteiger partial charge is 0.303 e. The Labute approximate surface area is 209 Å². The molecule has 9 nitrogen and oxygen atoms in total. The first-order valence-corrected chi connectivity index (χ1v) is 11.8. The van der Waals surface area contributed by atoms with Crippen LogP contribution >= 0.6 is 35.2 Å². The highest BCUT2D eigenvalue weighted by Crippen LogP contribution is 2.35. The number of halogens is 2. The number of carbonyl (C=O) groups is 1. The average molecular weight is 523 g/mol. The van der Waals surface area contributed by atoms with Gasteiger partial charge < -0.3 is 20.1 Å². The average Bonchev–Trinajstić information content (AvgIpc) is 3.30. The number of benzene rings is 1. The van der Waals surface area contributed by atoms with Gasteiger partial charge in [0.1, 0.15) is 28.9 Å². The van der Waals surface area contributed by atoms with Gasteiger partial charge in [0.25, 0.3) is 0 Å². The highest BCUT2D eigenvalue weighted by atomic mass is 35.5. The Morgan fingerprint density at radius 3 is 2.65 bits per heavy atom. The Hall–Kier alpha value is -2.96. The van der Waals surface area contributed by atoms with E-state index in [0.717, 1.165) is 0 Å². The van der Waals surface area contributed by atoms with Gasteiger partial charge in [-0.1, -0.05) is 35.2 Å². The van der Waals surface area contributed by atoms with Crippen LogP contribution in [0.2, 0.25) is 5.02 Å². The Bertz CT molecular complexity index is 1200. The van der Waals surface area contributed by atoms with Gasteiger partial charge in [0.15, 0.2) is 21.4 Å². The maximum absolute atomic E-state index is 13.7. The third kappa shape index (κ3) is 5.40. The van der Waals surface area contributed by atoms with E-state index < -0.39 is 11.4 Å². The fourth-order valence-electron chi connectivity index (χ4n) is 3.45. The summed E-state index contributed by atoms with van der Waals surface area (Å²) in [6, 6.07) is 7.56. The van der Waals surface area contributed by atoms with Crippen LogP contribution < -0.4 is 15.4 Å². The molecule has 3 heterocycles. The second-order valence-electron chi connectivity index (χ2n) is 7.58. The number of thiocarbonyl (C=S) groups is 1. The predicted octanol–water partition coefficient (Wildman–Crippen LogP) is 3.55. The Balaban J connectivity index is 1.42. The summed E-state index contributed by atoms with van der Waals surface area (Å²) < 4.78 is 24.7. The summed E-state index contributed by atoms with van der Waals surface area (Å²) in [5, 5.41) is 18.1. The molecular formula is C21H20ClFN6O3S2. The molecule has 34 heavy (non-hydrogen) atoms. The van der Waals surface area contributed by atoms with Crippen molar-refractivity contribution in [3.63, 3.8) is 0 Å². The highest BCUT2D eigenvalue weighted by molar-refractivity contribution is 7.80. The van der Waals surface area contributed by atoms with Gasteiger partial charge in [-0.05, 0) is 24.3 Å². The standard InChI is InChI=1S/C21H20ClFN6O3S2/c1-12(30)31-11-18-27-28-19(34-18)15-4-5-17(26-25-15)29-8-6-21(7-9-29,20(24)33)32-16-10-13(23)2-3-14(16)22/h2-5,10H,6-9,11H2,1H3,(H2,24,33). The first kappa shape index (κ1) is 24.2. The minimum atomic E-state index is -0.943. The zero-order chi connectivity index (χ0) is 24.3. The topological polar surface area (TPSA) is 116 Å². The maximum atomic E-state index is 13.7. The molecule has 0 amide bonds. The molecule has 1 aliphatic rings. The number of carbonyl (C=O) groups excluding carboxylic acids is 1. The van der Waals surface area contributed by atoms with Crippen LogP contribution in [0, 0.1) is 5.82 Å². The van der Waals surface area contributed by atoms with Crippen LogP contribution in [0.15, 0.2) is 30.3 Å². The molecule has 0 atom stereocenters. The second-order valence-corrected chi connectivity index (χ2v) is 9.49. The van der Waals surface area contributed by atoms with Gasteiger partial charge in [0.05, 0.1) is 5.02 Å². The van der Waals surface area contributed by atoms with E-state index in [0.29, 0.717) is 47.5 Å². The molecule has 2 N–H and O–H groups in total. The van der Waals surface area contributed by atoms with Crippen molar-refractivity contribution in [2.75, 3.05) is 18.0 Å². The molecule has 1 saturated heterocycles. The van der Waals surface area contributed by atoms with Crippen LogP contribution in [0.1, 0.15) is 24.8 Å². The molecule has 0 unspecified atom stereocenters. The van der Waals surface area contributed by atoms with Gasteiger partial charge in [-0.2, -0.15) is 0 Å². The fraction of sp³-hybridized carbons (Fsp3) is 0.333. The summed E-state index contributed by atoms with van der Waals surface area (Å²) in [5.74, 6) is 0.0383. The monoisotopic (exact) mass is 522 g/mol. The molecule has 3 aromatic rings. The number of hydrogen-bond acceptors (Lipinski definition) is 10. The number of aromatic nitrogens is 4. The van der Waals surface area contributed by atoms with Crippen molar-refractivity contribution in [1.82, 2.24) is 20.4 Å². The number of ether oxygens (including phenoxy) is 2. The largest absolute Gasteiger partial charge is 0.478 e. The lowest BCUT2D eigenvalue weighted by molar-refractivity contribution is -0.142. The Morgan fingerprint density at radius 2 is 2.00 bits per heavy atom. The van der Waals surface area contributed by atoms with Gasteiger partial charge in [0.2, 0.25) is 0 Å². The van der Waals surface area contributed by atoms with E-state index in [1.807, 2.05) is 11.0 Å². The number of nitrogens with two attached hydrogens (primary N) is 1. The molecule has 1 aliphatic heterocycles. The van der Waals surface area contributed by atoms with E-state index in [4.69, 9.17) is 39.0 Å². The van der Waals surface area contributed by atoms with Crippen molar-refractivity contribution in [3.05, 3.63) is 46.2 Å². The molecule has 2 aromatic heterocycles. The lowest BCUT2D eigenvalue weighted by Gasteiger charge is -2.41. The van der Waals surface area contributed by atoms with E-state index >= 15 is 0 Å². The first-order chi connectivity index (χ1) is 16.3. The molecule has 4 rings (SSSR count). The first-order valence-electron chi connectivity index (χ1n) is 10.2. The lowest BCUT2D eigenvalue weighted by atomic mass is 9.90. The third-order valence-electron chi connectivity index (χ3n) is 5.28. The number of piperidine rings is 1. The zero-order valence-electron chi connectivity index (χ0n) is 18.0. The lowest BCUT2D eigenvalue weighted by Crippen LogP contribution is -2.55. The molecule has 0 radical (unpaired) electrons. The quantitative estimate of drug-likeness (QED) is 0.364. The van der Waals surface area contributed by atoms with Crippen molar-refractivity contribution >= 4 is 51.9 Å². The van der Waals surface area contributed by atoms with Gasteiger partial charge in [-0.25, -0.2) is 4.39 Å². The molecule has 178 valence electrons. The number of esters is 1. The highest BCUT2D eigenvalue weighted by Gasteiger charge is 2.40. The Kier molecular flexibility index (Phi) is 7.19. The number of anilines is 1. The van der Waals surface area contributed by atoms with Crippen LogP contribution in [0.25, 0.3) is 10.7 Å². The van der Waals surface area contributed by atoms with E-state index in [1.54, 1.807) is 6.07 Å². The fourth-order valence-corrected chi connectivity index (χ4v) is 4.57. The summed E-state index contributed by atoms with van der Waals surface area (Å²) in [4.78, 5) is 13.2. The van der Waals surface area contributed by atoms with E-state index in [1.165, 1.54) is 36.5 Å². The molecule has 1 aromatic carbocycles. The summed E-state index contributed by atoms with van der Waals surface area (Å²) in [7, 11) is 0. The van der Waals surface area contributed by atoms with Crippen LogP contribution in [0.5, 0.6) is 5.75 Å². The number of rotatable bonds is 7. The van der Waals surface area contributed by atoms with Gasteiger partial charge in [-0.3, -0.25) is 4.79 Å². The van der Waals surface area contributed by atoms with Gasteiger partial charge in [-0.15, -0.1) is 20.4 Å². The number of nitrogens with zero attached hydrogens (tertiary/aromatic N) is 5. The molecular weight excluding hydrogens is 503 g/mol. The summed E-state index contributed by atoms with van der Waals surface area (Å²) >= 11 is 12.7. The Morgan fingerprint density at radius 1 is 1.24 bits per heavy atom. The molecule has 0 saturated carbocycles. The molecule has 1 fully saturated rings. The minimum Gasteiger partial charge on any atom is -0.478 e. The van der Waals surface area contributed by atoms with Crippen LogP contribution in [-0.4, -0.2) is 50.0 Å². The molecule has 13 heteroatoms. The van der Waals surface area contributed by atoms with E-state index in [2.05, 4.69) is 20.4 Å². The van der Waals surface area contributed by atoms with Crippen molar-refractivity contribution in [2.24, 2.45) is 5.73 Å².